The fourth-order valence-electron chi connectivity index (χ4n) is 3.40. The highest BCUT2D eigenvalue weighted by Crippen LogP contribution is 2.30. The number of aliphatic hydroxyl groups is 1. The SMILES string of the molecule is CC(c1ccccc1)C1CCCC(C2(O)CNC2)N1.Cl. The maximum absolute atomic E-state index is 10.5. The molecule has 0 saturated carbocycles. The van der Waals surface area contributed by atoms with Crippen molar-refractivity contribution in [2.45, 2.75) is 49.8 Å². The van der Waals surface area contributed by atoms with Gasteiger partial charge < -0.3 is 15.7 Å². The number of rotatable bonds is 3. The lowest BCUT2D eigenvalue weighted by atomic mass is 9.79. The molecule has 3 N–H and O–H groups in total. The van der Waals surface area contributed by atoms with E-state index in [0.717, 1.165) is 19.5 Å². The van der Waals surface area contributed by atoms with Gasteiger partial charge in [-0.25, -0.2) is 0 Å². The molecule has 3 nitrogen and oxygen atoms in total. The van der Waals surface area contributed by atoms with E-state index in [2.05, 4.69) is 47.9 Å². The Hall–Kier alpha value is -0.610. The summed E-state index contributed by atoms with van der Waals surface area (Å²) >= 11 is 0. The fourth-order valence-corrected chi connectivity index (χ4v) is 3.40. The number of nitrogens with one attached hydrogen (secondary N) is 2. The van der Waals surface area contributed by atoms with E-state index < -0.39 is 5.60 Å². The van der Waals surface area contributed by atoms with Crippen LogP contribution in [0.2, 0.25) is 0 Å². The maximum atomic E-state index is 10.5. The number of hydrogen-bond donors (Lipinski definition) is 3. The molecule has 0 aliphatic carbocycles. The average molecular weight is 297 g/mol. The van der Waals surface area contributed by atoms with Gasteiger partial charge in [-0.1, -0.05) is 43.7 Å². The van der Waals surface area contributed by atoms with Gasteiger partial charge in [0.25, 0.3) is 0 Å². The van der Waals surface area contributed by atoms with Crippen LogP contribution in [-0.2, 0) is 0 Å². The van der Waals surface area contributed by atoms with Gasteiger partial charge in [-0.15, -0.1) is 12.4 Å². The molecule has 0 aromatic heterocycles. The zero-order valence-corrected chi connectivity index (χ0v) is 12.8. The van der Waals surface area contributed by atoms with Crippen LogP contribution in [0.15, 0.2) is 30.3 Å². The minimum absolute atomic E-state index is 0. The van der Waals surface area contributed by atoms with Crippen LogP contribution in [0.3, 0.4) is 0 Å². The molecular weight excluding hydrogens is 272 g/mol. The van der Waals surface area contributed by atoms with E-state index in [1.54, 1.807) is 0 Å². The Morgan fingerprint density at radius 1 is 1.20 bits per heavy atom. The van der Waals surface area contributed by atoms with Crippen LogP contribution in [0.1, 0.15) is 37.7 Å². The molecule has 2 aliphatic rings. The van der Waals surface area contributed by atoms with Crippen LogP contribution in [0, 0.1) is 0 Å². The molecule has 1 aromatic rings. The molecule has 0 bridgehead atoms. The van der Waals surface area contributed by atoms with E-state index in [9.17, 15) is 5.11 Å². The van der Waals surface area contributed by atoms with E-state index in [1.807, 2.05) is 0 Å². The molecule has 0 radical (unpaired) electrons. The summed E-state index contributed by atoms with van der Waals surface area (Å²) in [4.78, 5) is 0. The second-order valence-electron chi connectivity index (χ2n) is 6.16. The first-order valence-electron chi connectivity index (χ1n) is 7.43. The van der Waals surface area contributed by atoms with Crippen molar-refractivity contribution in [1.82, 2.24) is 10.6 Å². The largest absolute Gasteiger partial charge is 0.386 e. The molecule has 20 heavy (non-hydrogen) atoms. The monoisotopic (exact) mass is 296 g/mol. The normalized spacial score (nSPS) is 29.9. The van der Waals surface area contributed by atoms with Gasteiger partial charge in [0.05, 0.1) is 0 Å². The van der Waals surface area contributed by atoms with Crippen molar-refractivity contribution in [2.75, 3.05) is 13.1 Å². The van der Waals surface area contributed by atoms with Gasteiger partial charge in [0.2, 0.25) is 0 Å². The first kappa shape index (κ1) is 15.8. The Balaban J connectivity index is 0.00000147. The zero-order valence-electron chi connectivity index (χ0n) is 12.0. The number of halogens is 1. The van der Waals surface area contributed by atoms with Gasteiger partial charge in [-0.3, -0.25) is 0 Å². The minimum atomic E-state index is -0.519. The predicted molar refractivity (Wildman–Crippen MR) is 84.5 cm³/mol. The van der Waals surface area contributed by atoms with E-state index in [1.165, 1.54) is 18.4 Å². The summed E-state index contributed by atoms with van der Waals surface area (Å²) in [5.41, 5.74) is 0.870. The Bertz CT molecular complexity index is 422. The van der Waals surface area contributed by atoms with Crippen LogP contribution >= 0.6 is 12.4 Å². The van der Waals surface area contributed by atoms with E-state index in [0.29, 0.717) is 12.0 Å². The first-order valence-corrected chi connectivity index (χ1v) is 7.43. The summed E-state index contributed by atoms with van der Waals surface area (Å²) in [7, 11) is 0. The van der Waals surface area contributed by atoms with Gasteiger partial charge >= 0.3 is 0 Å². The van der Waals surface area contributed by atoms with Crippen LogP contribution < -0.4 is 10.6 Å². The average Bonchev–Trinajstić information content (AvgIpc) is 2.45. The van der Waals surface area contributed by atoms with Gasteiger partial charge in [0, 0.05) is 25.2 Å². The Labute approximate surface area is 127 Å². The third-order valence-corrected chi connectivity index (χ3v) is 4.86. The molecule has 2 heterocycles. The lowest BCUT2D eigenvalue weighted by Crippen LogP contribution is -2.71. The second-order valence-corrected chi connectivity index (χ2v) is 6.16. The summed E-state index contributed by atoms with van der Waals surface area (Å²) in [6.07, 6.45) is 3.51. The molecule has 3 rings (SSSR count). The molecule has 1 aromatic carbocycles. The van der Waals surface area contributed by atoms with E-state index in [4.69, 9.17) is 0 Å². The summed E-state index contributed by atoms with van der Waals surface area (Å²) in [6, 6.07) is 11.4. The zero-order chi connectivity index (χ0) is 13.3. The molecule has 2 aliphatic heterocycles. The molecule has 112 valence electrons. The Morgan fingerprint density at radius 2 is 1.90 bits per heavy atom. The molecule has 2 saturated heterocycles. The molecular formula is C16H25ClN2O. The third-order valence-electron chi connectivity index (χ3n) is 4.86. The fraction of sp³-hybridized carbons (Fsp3) is 0.625. The Morgan fingerprint density at radius 3 is 2.50 bits per heavy atom. The predicted octanol–water partition coefficient (Wildman–Crippen LogP) is 2.06. The van der Waals surface area contributed by atoms with Crippen LogP contribution in [-0.4, -0.2) is 35.9 Å². The van der Waals surface area contributed by atoms with Crippen molar-refractivity contribution < 1.29 is 5.11 Å². The van der Waals surface area contributed by atoms with Crippen molar-refractivity contribution >= 4 is 12.4 Å². The highest BCUT2D eigenvalue weighted by atomic mass is 35.5. The van der Waals surface area contributed by atoms with Crippen molar-refractivity contribution in [1.29, 1.82) is 0 Å². The first-order chi connectivity index (χ1) is 9.19. The number of piperidine rings is 1. The van der Waals surface area contributed by atoms with Gasteiger partial charge in [0.15, 0.2) is 0 Å². The van der Waals surface area contributed by atoms with Gasteiger partial charge in [-0.05, 0) is 24.3 Å². The van der Waals surface area contributed by atoms with E-state index in [-0.39, 0.29) is 18.4 Å². The molecule has 0 amide bonds. The standard InChI is InChI=1S/C16H24N2O.ClH/c1-12(13-6-3-2-4-7-13)14-8-5-9-15(18-14)16(19)10-17-11-16;/h2-4,6-7,12,14-15,17-19H,5,8-11H2,1H3;1H. The van der Waals surface area contributed by atoms with Crippen molar-refractivity contribution in [3.63, 3.8) is 0 Å². The minimum Gasteiger partial charge on any atom is -0.386 e. The summed E-state index contributed by atoms with van der Waals surface area (Å²) < 4.78 is 0. The van der Waals surface area contributed by atoms with Crippen LogP contribution in [0.4, 0.5) is 0 Å². The second kappa shape index (κ2) is 6.44. The van der Waals surface area contributed by atoms with Crippen LogP contribution in [0.5, 0.6) is 0 Å². The highest BCUT2D eigenvalue weighted by molar-refractivity contribution is 5.85. The number of β-amino-alcohol motifs (C(OH)–C–C–N with tert-alkyl or cyclic N) is 1. The summed E-state index contributed by atoms with van der Waals surface area (Å²) in [5.74, 6) is 0.501. The van der Waals surface area contributed by atoms with Crippen molar-refractivity contribution in [2.24, 2.45) is 0 Å². The summed E-state index contributed by atoms with van der Waals surface area (Å²) in [5, 5.41) is 17.4. The van der Waals surface area contributed by atoms with Gasteiger partial charge in [-0.2, -0.15) is 0 Å². The lowest BCUT2D eigenvalue weighted by molar-refractivity contribution is -0.0553. The molecule has 3 unspecified atom stereocenters. The highest BCUT2D eigenvalue weighted by Gasteiger charge is 2.44. The quantitative estimate of drug-likeness (QED) is 0.800. The number of benzene rings is 1. The van der Waals surface area contributed by atoms with Crippen LogP contribution in [0.25, 0.3) is 0 Å². The molecule has 4 heteroatoms. The van der Waals surface area contributed by atoms with Crippen molar-refractivity contribution in [3.05, 3.63) is 35.9 Å². The topological polar surface area (TPSA) is 44.3 Å². The lowest BCUT2D eigenvalue weighted by Gasteiger charge is -2.48. The van der Waals surface area contributed by atoms with Gasteiger partial charge in [0.1, 0.15) is 5.60 Å². The van der Waals surface area contributed by atoms with E-state index >= 15 is 0 Å². The summed E-state index contributed by atoms with van der Waals surface area (Å²) in [6.45, 7) is 3.76. The molecule has 3 atom stereocenters. The maximum Gasteiger partial charge on any atom is 0.105 e. The van der Waals surface area contributed by atoms with Crippen molar-refractivity contribution in [3.8, 4) is 0 Å². The molecule has 2 fully saturated rings. The molecule has 0 spiro atoms. The Kier molecular flexibility index (Phi) is 5.08. The smallest absolute Gasteiger partial charge is 0.105 e. The third kappa shape index (κ3) is 3.01. The number of hydrogen-bond acceptors (Lipinski definition) is 3.